The van der Waals surface area contributed by atoms with Gasteiger partial charge in [-0.05, 0) is 33.6 Å². The molecule has 1 amide bonds. The SMILES string of the molecule is CCNC(=O)CN(CC)c1nc(C2CC2)nc(NC)c1C. The van der Waals surface area contributed by atoms with Gasteiger partial charge in [0, 0.05) is 31.6 Å². The molecule has 21 heavy (non-hydrogen) atoms. The third kappa shape index (κ3) is 3.62. The van der Waals surface area contributed by atoms with Gasteiger partial charge in [-0.15, -0.1) is 0 Å². The summed E-state index contributed by atoms with van der Waals surface area (Å²) in [5.74, 6) is 3.13. The van der Waals surface area contributed by atoms with Crippen molar-refractivity contribution in [3.8, 4) is 0 Å². The lowest BCUT2D eigenvalue weighted by Crippen LogP contribution is -2.38. The molecule has 1 fully saturated rings. The van der Waals surface area contributed by atoms with E-state index in [1.807, 2.05) is 32.7 Å². The minimum absolute atomic E-state index is 0.0244. The molecule has 0 radical (unpaired) electrons. The molecule has 0 saturated heterocycles. The Morgan fingerprint density at radius 3 is 2.57 bits per heavy atom. The van der Waals surface area contributed by atoms with Crippen molar-refractivity contribution in [3.05, 3.63) is 11.4 Å². The number of hydrogen-bond donors (Lipinski definition) is 2. The minimum atomic E-state index is 0.0244. The van der Waals surface area contributed by atoms with E-state index in [0.29, 0.717) is 19.0 Å². The number of hydrogen-bond acceptors (Lipinski definition) is 5. The largest absolute Gasteiger partial charge is 0.373 e. The van der Waals surface area contributed by atoms with E-state index in [1.165, 1.54) is 0 Å². The molecule has 2 N–H and O–H groups in total. The van der Waals surface area contributed by atoms with Crippen LogP contribution in [0.15, 0.2) is 0 Å². The Bertz CT molecular complexity index is 513. The zero-order valence-corrected chi connectivity index (χ0v) is 13.4. The molecule has 1 aromatic rings. The molecule has 0 atom stereocenters. The van der Waals surface area contributed by atoms with Gasteiger partial charge in [0.15, 0.2) is 0 Å². The Kier molecular flexibility index (Phi) is 4.98. The topological polar surface area (TPSA) is 70.2 Å². The van der Waals surface area contributed by atoms with E-state index in [4.69, 9.17) is 4.98 Å². The number of nitrogens with one attached hydrogen (secondary N) is 2. The van der Waals surface area contributed by atoms with Gasteiger partial charge in [-0.25, -0.2) is 9.97 Å². The lowest BCUT2D eigenvalue weighted by Gasteiger charge is -2.24. The van der Waals surface area contributed by atoms with Gasteiger partial charge in [0.25, 0.3) is 0 Å². The van der Waals surface area contributed by atoms with Crippen molar-refractivity contribution >= 4 is 17.5 Å². The van der Waals surface area contributed by atoms with Crippen LogP contribution in [0.25, 0.3) is 0 Å². The highest BCUT2D eigenvalue weighted by molar-refractivity contribution is 5.81. The number of carbonyl (C=O) groups excluding carboxylic acids is 1. The third-order valence-corrected chi connectivity index (χ3v) is 3.71. The second-order valence-electron chi connectivity index (χ2n) is 5.37. The fraction of sp³-hybridized carbons (Fsp3) is 0.667. The fourth-order valence-corrected chi connectivity index (χ4v) is 2.36. The van der Waals surface area contributed by atoms with Gasteiger partial charge in [-0.3, -0.25) is 4.79 Å². The molecule has 1 aliphatic carbocycles. The molecule has 1 saturated carbocycles. The van der Waals surface area contributed by atoms with Crippen LogP contribution in [-0.2, 0) is 4.79 Å². The van der Waals surface area contributed by atoms with Crippen molar-refractivity contribution in [2.75, 3.05) is 36.9 Å². The predicted octanol–water partition coefficient (Wildman–Crippen LogP) is 1.67. The van der Waals surface area contributed by atoms with E-state index < -0.39 is 0 Å². The highest BCUT2D eigenvalue weighted by Crippen LogP contribution is 2.40. The van der Waals surface area contributed by atoms with Crippen LogP contribution >= 0.6 is 0 Å². The Labute approximate surface area is 126 Å². The number of amides is 1. The number of aromatic nitrogens is 2. The Morgan fingerprint density at radius 2 is 2.05 bits per heavy atom. The maximum absolute atomic E-state index is 11.9. The molecule has 0 spiro atoms. The number of carbonyl (C=O) groups is 1. The van der Waals surface area contributed by atoms with E-state index in [-0.39, 0.29) is 5.91 Å². The molecule has 6 heteroatoms. The van der Waals surface area contributed by atoms with Crippen LogP contribution in [0.5, 0.6) is 0 Å². The molecule has 1 heterocycles. The summed E-state index contributed by atoms with van der Waals surface area (Å²) >= 11 is 0. The Hall–Kier alpha value is -1.85. The number of anilines is 2. The standard InChI is InChI=1S/C15H25N5O/c1-5-17-12(21)9-20(6-2)15-10(3)13(16-4)18-14(19-15)11-7-8-11/h11H,5-9H2,1-4H3,(H,17,21)(H,16,18,19). The molecule has 0 bridgehead atoms. The lowest BCUT2D eigenvalue weighted by atomic mass is 10.2. The average Bonchev–Trinajstić information content (AvgIpc) is 3.30. The quantitative estimate of drug-likeness (QED) is 0.799. The molecule has 116 valence electrons. The lowest BCUT2D eigenvalue weighted by molar-refractivity contribution is -0.119. The normalized spacial score (nSPS) is 13.9. The number of nitrogens with zero attached hydrogens (tertiary/aromatic N) is 3. The average molecular weight is 291 g/mol. The van der Waals surface area contributed by atoms with Crippen LogP contribution in [0.1, 0.15) is 44.0 Å². The van der Waals surface area contributed by atoms with Crippen LogP contribution in [0.4, 0.5) is 11.6 Å². The summed E-state index contributed by atoms with van der Waals surface area (Å²) in [6.07, 6.45) is 2.32. The van der Waals surface area contributed by atoms with Crippen molar-refractivity contribution < 1.29 is 4.79 Å². The van der Waals surface area contributed by atoms with Gasteiger partial charge in [-0.1, -0.05) is 0 Å². The van der Waals surface area contributed by atoms with E-state index in [9.17, 15) is 4.79 Å². The number of likely N-dealkylation sites (N-methyl/N-ethyl adjacent to an activating group) is 2. The first-order chi connectivity index (χ1) is 10.1. The molecule has 6 nitrogen and oxygen atoms in total. The summed E-state index contributed by atoms with van der Waals surface area (Å²) in [6.45, 7) is 7.68. The van der Waals surface area contributed by atoms with Crippen LogP contribution in [-0.4, -0.2) is 42.6 Å². The molecular weight excluding hydrogens is 266 g/mol. The van der Waals surface area contributed by atoms with Crippen molar-refractivity contribution in [1.29, 1.82) is 0 Å². The Balaban J connectivity index is 2.30. The summed E-state index contributed by atoms with van der Waals surface area (Å²) in [7, 11) is 1.87. The summed E-state index contributed by atoms with van der Waals surface area (Å²) in [5.41, 5.74) is 0.994. The predicted molar refractivity (Wildman–Crippen MR) is 84.9 cm³/mol. The highest BCUT2D eigenvalue weighted by atomic mass is 16.2. The molecule has 0 aliphatic heterocycles. The van der Waals surface area contributed by atoms with E-state index in [2.05, 4.69) is 15.6 Å². The molecule has 1 aromatic heterocycles. The van der Waals surface area contributed by atoms with Gasteiger partial charge < -0.3 is 15.5 Å². The van der Waals surface area contributed by atoms with Crippen molar-refractivity contribution in [1.82, 2.24) is 15.3 Å². The highest BCUT2D eigenvalue weighted by Gasteiger charge is 2.29. The Morgan fingerprint density at radius 1 is 1.33 bits per heavy atom. The minimum Gasteiger partial charge on any atom is -0.373 e. The zero-order valence-electron chi connectivity index (χ0n) is 13.4. The molecule has 0 unspecified atom stereocenters. The summed E-state index contributed by atoms with van der Waals surface area (Å²) < 4.78 is 0. The van der Waals surface area contributed by atoms with E-state index >= 15 is 0 Å². The molecule has 1 aliphatic rings. The van der Waals surface area contributed by atoms with Gasteiger partial charge in [-0.2, -0.15) is 0 Å². The maximum Gasteiger partial charge on any atom is 0.239 e. The second kappa shape index (κ2) is 6.74. The van der Waals surface area contributed by atoms with Gasteiger partial charge >= 0.3 is 0 Å². The van der Waals surface area contributed by atoms with E-state index in [0.717, 1.165) is 42.4 Å². The first kappa shape index (κ1) is 15.5. The van der Waals surface area contributed by atoms with Crippen molar-refractivity contribution in [2.45, 2.75) is 39.5 Å². The van der Waals surface area contributed by atoms with Crippen LogP contribution in [0.3, 0.4) is 0 Å². The van der Waals surface area contributed by atoms with Gasteiger partial charge in [0.2, 0.25) is 5.91 Å². The smallest absolute Gasteiger partial charge is 0.239 e. The van der Waals surface area contributed by atoms with E-state index in [1.54, 1.807) is 0 Å². The number of rotatable bonds is 7. The van der Waals surface area contributed by atoms with Crippen molar-refractivity contribution in [3.63, 3.8) is 0 Å². The molecule has 0 aromatic carbocycles. The second-order valence-corrected chi connectivity index (χ2v) is 5.37. The van der Waals surface area contributed by atoms with Gasteiger partial charge in [0.1, 0.15) is 17.5 Å². The summed E-state index contributed by atoms with van der Waals surface area (Å²) in [5, 5.41) is 5.98. The molecule has 2 rings (SSSR count). The van der Waals surface area contributed by atoms with Gasteiger partial charge in [0.05, 0.1) is 6.54 Å². The van der Waals surface area contributed by atoms with Crippen LogP contribution in [0.2, 0.25) is 0 Å². The monoisotopic (exact) mass is 291 g/mol. The first-order valence-corrected chi connectivity index (χ1v) is 7.68. The molecular formula is C15H25N5O. The van der Waals surface area contributed by atoms with Crippen LogP contribution < -0.4 is 15.5 Å². The third-order valence-electron chi connectivity index (χ3n) is 3.71. The fourth-order valence-electron chi connectivity index (χ4n) is 2.36. The van der Waals surface area contributed by atoms with Crippen molar-refractivity contribution in [2.24, 2.45) is 0 Å². The van der Waals surface area contributed by atoms with Crippen LogP contribution in [0, 0.1) is 6.92 Å². The maximum atomic E-state index is 11.9. The zero-order chi connectivity index (χ0) is 15.4. The summed E-state index contributed by atoms with van der Waals surface area (Å²) in [6, 6.07) is 0. The summed E-state index contributed by atoms with van der Waals surface area (Å²) in [4.78, 5) is 23.2. The first-order valence-electron chi connectivity index (χ1n) is 7.68.